The number of urea groups is 1. The predicted octanol–water partition coefficient (Wildman–Crippen LogP) is 3.27. The van der Waals surface area contributed by atoms with Gasteiger partial charge in [0.15, 0.2) is 0 Å². The first kappa shape index (κ1) is 20.5. The number of carbonyl (C=O) groups is 3. The standard InChI is InChI=1S/C18H12FI2N3O4/c19-10-3-1-2-4-13(10)22-15(25)8-24-17(27)14(23-18(24)28)7-9-5-11(20)16(26)12(21)6-9/h1-7,26H,8H2,(H,22,25)(H,23,28)/b14-7+. The maximum Gasteiger partial charge on any atom is 0.329 e. The van der Waals surface area contributed by atoms with Gasteiger partial charge in [0, 0.05) is 0 Å². The molecule has 1 saturated heterocycles. The van der Waals surface area contributed by atoms with E-state index in [9.17, 15) is 23.9 Å². The summed E-state index contributed by atoms with van der Waals surface area (Å²) in [7, 11) is 0. The Morgan fingerprint density at radius 2 is 1.86 bits per heavy atom. The number of rotatable bonds is 4. The van der Waals surface area contributed by atoms with Crippen LogP contribution in [-0.2, 0) is 9.59 Å². The summed E-state index contributed by atoms with van der Waals surface area (Å²) in [4.78, 5) is 37.4. The number of para-hydroxylation sites is 1. The number of hydrogen-bond acceptors (Lipinski definition) is 4. The Morgan fingerprint density at radius 1 is 1.21 bits per heavy atom. The van der Waals surface area contributed by atoms with Crippen LogP contribution in [0.3, 0.4) is 0 Å². The zero-order valence-corrected chi connectivity index (χ0v) is 18.3. The number of hydrogen-bond donors (Lipinski definition) is 3. The molecule has 7 nitrogen and oxygen atoms in total. The van der Waals surface area contributed by atoms with E-state index in [-0.39, 0.29) is 17.1 Å². The fourth-order valence-electron chi connectivity index (χ4n) is 2.45. The maximum atomic E-state index is 13.6. The van der Waals surface area contributed by atoms with Crippen molar-refractivity contribution in [2.24, 2.45) is 0 Å². The Hall–Kier alpha value is -2.22. The number of amides is 4. The van der Waals surface area contributed by atoms with E-state index in [1.54, 1.807) is 18.2 Å². The van der Waals surface area contributed by atoms with Crippen LogP contribution in [0.1, 0.15) is 5.56 Å². The molecule has 3 N–H and O–H groups in total. The van der Waals surface area contributed by atoms with Gasteiger partial charge in [-0.1, -0.05) is 12.1 Å². The normalized spacial score (nSPS) is 15.1. The van der Waals surface area contributed by atoms with Crippen molar-refractivity contribution in [2.45, 2.75) is 0 Å². The fraction of sp³-hybridized carbons (Fsp3) is 0.0556. The third kappa shape index (κ3) is 4.43. The first-order valence-corrected chi connectivity index (χ1v) is 9.99. The lowest BCUT2D eigenvalue weighted by atomic mass is 10.2. The zero-order valence-electron chi connectivity index (χ0n) is 14.0. The van der Waals surface area contributed by atoms with E-state index in [1.807, 2.05) is 45.2 Å². The number of phenolic OH excluding ortho intramolecular Hbond substituents is 1. The highest BCUT2D eigenvalue weighted by molar-refractivity contribution is 14.1. The van der Waals surface area contributed by atoms with E-state index in [2.05, 4.69) is 10.6 Å². The number of halogens is 3. The highest BCUT2D eigenvalue weighted by atomic mass is 127. The summed E-state index contributed by atoms with van der Waals surface area (Å²) in [6, 6.07) is 8.14. The van der Waals surface area contributed by atoms with E-state index < -0.39 is 30.2 Å². The van der Waals surface area contributed by atoms with Crippen LogP contribution in [0.5, 0.6) is 5.75 Å². The van der Waals surface area contributed by atoms with Crippen molar-refractivity contribution in [1.29, 1.82) is 0 Å². The van der Waals surface area contributed by atoms with Gasteiger partial charge in [0.2, 0.25) is 5.91 Å². The molecule has 2 aromatic rings. The van der Waals surface area contributed by atoms with Gasteiger partial charge < -0.3 is 15.7 Å². The van der Waals surface area contributed by atoms with Crippen LogP contribution in [0.25, 0.3) is 6.08 Å². The van der Waals surface area contributed by atoms with Gasteiger partial charge in [-0.3, -0.25) is 9.59 Å². The SMILES string of the molecule is O=C(CN1C(=O)N/C(=C/c2cc(I)c(O)c(I)c2)C1=O)Nc1ccccc1F. The molecule has 28 heavy (non-hydrogen) atoms. The molecule has 1 fully saturated rings. The van der Waals surface area contributed by atoms with E-state index in [4.69, 9.17) is 0 Å². The average molecular weight is 607 g/mol. The molecule has 1 heterocycles. The third-order valence-corrected chi connectivity index (χ3v) is 5.41. The number of carbonyl (C=O) groups excluding carboxylic acids is 3. The Balaban J connectivity index is 1.75. The molecule has 0 atom stereocenters. The monoisotopic (exact) mass is 607 g/mol. The van der Waals surface area contributed by atoms with E-state index >= 15 is 0 Å². The summed E-state index contributed by atoms with van der Waals surface area (Å²) in [5, 5.41) is 14.6. The minimum absolute atomic E-state index is 0.000909. The number of imide groups is 1. The fourth-order valence-corrected chi connectivity index (χ4v) is 4.26. The Kier molecular flexibility index (Phi) is 6.17. The molecule has 144 valence electrons. The highest BCUT2D eigenvalue weighted by Gasteiger charge is 2.35. The second-order valence-corrected chi connectivity index (χ2v) is 8.07. The van der Waals surface area contributed by atoms with Crippen LogP contribution in [0.2, 0.25) is 0 Å². The average Bonchev–Trinajstić information content (AvgIpc) is 2.89. The number of benzene rings is 2. The first-order valence-electron chi connectivity index (χ1n) is 7.83. The van der Waals surface area contributed by atoms with Crippen molar-refractivity contribution in [2.75, 3.05) is 11.9 Å². The van der Waals surface area contributed by atoms with Crippen LogP contribution in [0.4, 0.5) is 14.9 Å². The van der Waals surface area contributed by atoms with Crippen LogP contribution >= 0.6 is 45.2 Å². The number of nitrogens with one attached hydrogen (secondary N) is 2. The van der Waals surface area contributed by atoms with Crippen molar-refractivity contribution >= 4 is 74.8 Å². The first-order chi connectivity index (χ1) is 13.3. The summed E-state index contributed by atoms with van der Waals surface area (Å²) in [6.45, 7) is -0.555. The Bertz CT molecular complexity index is 1000. The van der Waals surface area contributed by atoms with Gasteiger partial charge in [0.05, 0.1) is 12.8 Å². The van der Waals surface area contributed by atoms with Gasteiger partial charge in [-0.25, -0.2) is 14.1 Å². The van der Waals surface area contributed by atoms with Crippen molar-refractivity contribution in [1.82, 2.24) is 10.2 Å². The molecular formula is C18H12FI2N3O4. The van der Waals surface area contributed by atoms with E-state index in [1.165, 1.54) is 24.3 Å². The molecular weight excluding hydrogens is 595 g/mol. The largest absolute Gasteiger partial charge is 0.506 e. The van der Waals surface area contributed by atoms with Crippen molar-refractivity contribution in [3.05, 3.63) is 60.6 Å². The number of anilines is 1. The van der Waals surface area contributed by atoms with Crippen molar-refractivity contribution < 1.29 is 23.9 Å². The molecule has 0 bridgehead atoms. The van der Waals surface area contributed by atoms with Gasteiger partial charge >= 0.3 is 6.03 Å². The van der Waals surface area contributed by atoms with Gasteiger partial charge in [-0.05, 0) is 81.1 Å². The van der Waals surface area contributed by atoms with Crippen LogP contribution < -0.4 is 10.6 Å². The lowest BCUT2D eigenvalue weighted by Crippen LogP contribution is -2.38. The molecule has 4 amide bonds. The molecule has 0 saturated carbocycles. The Labute approximate surface area is 186 Å². The van der Waals surface area contributed by atoms with Gasteiger partial charge in [0.25, 0.3) is 5.91 Å². The number of phenols is 1. The zero-order chi connectivity index (χ0) is 20.4. The second kappa shape index (κ2) is 8.43. The van der Waals surface area contributed by atoms with Gasteiger partial charge in [-0.15, -0.1) is 0 Å². The molecule has 0 unspecified atom stereocenters. The minimum Gasteiger partial charge on any atom is -0.506 e. The highest BCUT2D eigenvalue weighted by Crippen LogP contribution is 2.28. The van der Waals surface area contributed by atoms with Crippen molar-refractivity contribution in [3.63, 3.8) is 0 Å². The van der Waals surface area contributed by atoms with E-state index in [0.29, 0.717) is 12.7 Å². The number of nitrogens with zero attached hydrogens (tertiary/aromatic N) is 1. The summed E-state index contributed by atoms with van der Waals surface area (Å²) in [5.41, 5.74) is 0.567. The molecule has 0 spiro atoms. The topological polar surface area (TPSA) is 98.7 Å². The quantitative estimate of drug-likeness (QED) is 0.283. The maximum absolute atomic E-state index is 13.6. The number of aromatic hydroxyl groups is 1. The molecule has 1 aliphatic heterocycles. The van der Waals surface area contributed by atoms with Crippen LogP contribution in [0.15, 0.2) is 42.1 Å². The summed E-state index contributed by atoms with van der Waals surface area (Å²) in [5.74, 6) is -1.86. The van der Waals surface area contributed by atoms with E-state index in [0.717, 1.165) is 4.90 Å². The predicted molar refractivity (Wildman–Crippen MR) is 117 cm³/mol. The molecule has 2 aromatic carbocycles. The molecule has 0 radical (unpaired) electrons. The third-order valence-electron chi connectivity index (χ3n) is 3.76. The summed E-state index contributed by atoms with van der Waals surface area (Å²) in [6.07, 6.45) is 1.46. The molecule has 1 aliphatic rings. The van der Waals surface area contributed by atoms with Gasteiger partial charge in [0.1, 0.15) is 23.8 Å². The minimum atomic E-state index is -0.747. The lowest BCUT2D eigenvalue weighted by Gasteiger charge is -2.12. The Morgan fingerprint density at radius 3 is 2.50 bits per heavy atom. The lowest BCUT2D eigenvalue weighted by molar-refractivity contribution is -0.127. The molecule has 0 aromatic heterocycles. The van der Waals surface area contributed by atoms with Gasteiger partial charge in [-0.2, -0.15) is 0 Å². The summed E-state index contributed by atoms with van der Waals surface area (Å²) < 4.78 is 14.8. The molecule has 10 heteroatoms. The smallest absolute Gasteiger partial charge is 0.329 e. The summed E-state index contributed by atoms with van der Waals surface area (Å²) >= 11 is 3.91. The second-order valence-electron chi connectivity index (χ2n) is 5.74. The van der Waals surface area contributed by atoms with Crippen LogP contribution in [-0.4, -0.2) is 34.4 Å². The van der Waals surface area contributed by atoms with Crippen LogP contribution in [0, 0.1) is 13.0 Å². The molecule has 3 rings (SSSR count). The van der Waals surface area contributed by atoms with Crippen molar-refractivity contribution in [3.8, 4) is 5.75 Å². The molecule has 0 aliphatic carbocycles.